The predicted octanol–water partition coefficient (Wildman–Crippen LogP) is 0.745. The fourth-order valence-corrected chi connectivity index (χ4v) is 1.30. The van der Waals surface area contributed by atoms with Gasteiger partial charge in [0, 0.05) is 0 Å². The van der Waals surface area contributed by atoms with E-state index in [0.717, 1.165) is 5.56 Å². The molecule has 0 bridgehead atoms. The first-order valence-electron chi connectivity index (χ1n) is 4.97. The summed E-state index contributed by atoms with van der Waals surface area (Å²) in [6.07, 6.45) is 0.204. The molecule has 1 aromatic carbocycles. The molecule has 5 nitrogen and oxygen atoms in total. The minimum absolute atomic E-state index is 0.0366. The summed E-state index contributed by atoms with van der Waals surface area (Å²) in [5, 5.41) is 18.1. The zero-order chi connectivity index (χ0) is 12.1. The fourth-order valence-electron chi connectivity index (χ4n) is 1.30. The van der Waals surface area contributed by atoms with E-state index in [-0.39, 0.29) is 12.2 Å². The SMILES string of the molecule is CCOc1cc(CC(N)C(=O)O)ccc1O. The highest BCUT2D eigenvalue weighted by Gasteiger charge is 2.13. The second kappa shape index (κ2) is 5.37. The predicted molar refractivity (Wildman–Crippen MR) is 58.6 cm³/mol. The van der Waals surface area contributed by atoms with Crippen LogP contribution in [0.15, 0.2) is 18.2 Å². The molecule has 1 rings (SSSR count). The fraction of sp³-hybridized carbons (Fsp3) is 0.364. The van der Waals surface area contributed by atoms with Crippen LogP contribution in [0.1, 0.15) is 12.5 Å². The van der Waals surface area contributed by atoms with E-state index >= 15 is 0 Å². The number of phenolic OH excluding ortho intramolecular Hbond substituents is 1. The molecule has 1 aromatic rings. The summed E-state index contributed by atoms with van der Waals surface area (Å²) in [6, 6.07) is 3.75. The van der Waals surface area contributed by atoms with Crippen LogP contribution in [0.3, 0.4) is 0 Å². The van der Waals surface area contributed by atoms with E-state index in [1.165, 1.54) is 6.07 Å². The molecule has 0 fully saturated rings. The topological polar surface area (TPSA) is 92.8 Å². The van der Waals surface area contributed by atoms with Gasteiger partial charge in [-0.15, -0.1) is 0 Å². The van der Waals surface area contributed by atoms with Crippen molar-refractivity contribution in [3.8, 4) is 11.5 Å². The highest BCUT2D eigenvalue weighted by Crippen LogP contribution is 2.27. The molecule has 0 radical (unpaired) electrons. The second-order valence-corrected chi connectivity index (χ2v) is 3.38. The van der Waals surface area contributed by atoms with E-state index in [9.17, 15) is 9.90 Å². The lowest BCUT2D eigenvalue weighted by Gasteiger charge is -2.10. The minimum Gasteiger partial charge on any atom is -0.504 e. The van der Waals surface area contributed by atoms with Crippen molar-refractivity contribution in [1.82, 2.24) is 0 Å². The van der Waals surface area contributed by atoms with Crippen LogP contribution in [0.25, 0.3) is 0 Å². The van der Waals surface area contributed by atoms with Gasteiger partial charge in [-0.1, -0.05) is 6.07 Å². The van der Waals surface area contributed by atoms with Crippen LogP contribution in [-0.4, -0.2) is 28.8 Å². The summed E-state index contributed by atoms with van der Waals surface area (Å²) >= 11 is 0. The van der Waals surface area contributed by atoms with Gasteiger partial charge >= 0.3 is 5.97 Å². The van der Waals surface area contributed by atoms with Crippen molar-refractivity contribution in [3.63, 3.8) is 0 Å². The molecule has 5 heteroatoms. The highest BCUT2D eigenvalue weighted by atomic mass is 16.5. The maximum absolute atomic E-state index is 10.6. The van der Waals surface area contributed by atoms with Gasteiger partial charge in [0.2, 0.25) is 0 Å². The number of phenols is 1. The van der Waals surface area contributed by atoms with E-state index in [2.05, 4.69) is 0 Å². The van der Waals surface area contributed by atoms with Crippen LogP contribution < -0.4 is 10.5 Å². The molecule has 0 aliphatic rings. The number of hydrogen-bond acceptors (Lipinski definition) is 4. The molecule has 1 atom stereocenters. The maximum Gasteiger partial charge on any atom is 0.320 e. The quantitative estimate of drug-likeness (QED) is 0.687. The number of aliphatic carboxylic acids is 1. The average Bonchev–Trinajstić information content (AvgIpc) is 2.23. The van der Waals surface area contributed by atoms with Crippen molar-refractivity contribution < 1.29 is 19.7 Å². The largest absolute Gasteiger partial charge is 0.504 e. The lowest BCUT2D eigenvalue weighted by atomic mass is 10.1. The molecule has 88 valence electrons. The Bertz CT molecular complexity index is 378. The Morgan fingerprint density at radius 3 is 2.81 bits per heavy atom. The van der Waals surface area contributed by atoms with Gasteiger partial charge in [-0.2, -0.15) is 0 Å². The molecule has 0 aliphatic heterocycles. The Morgan fingerprint density at radius 1 is 1.56 bits per heavy atom. The van der Waals surface area contributed by atoms with E-state index in [0.29, 0.717) is 12.4 Å². The van der Waals surface area contributed by atoms with Gasteiger partial charge in [-0.05, 0) is 31.0 Å². The first kappa shape index (κ1) is 12.3. The third-order valence-electron chi connectivity index (χ3n) is 2.10. The van der Waals surface area contributed by atoms with Crippen molar-refractivity contribution in [1.29, 1.82) is 0 Å². The zero-order valence-corrected chi connectivity index (χ0v) is 9.01. The number of benzene rings is 1. The van der Waals surface area contributed by atoms with Gasteiger partial charge in [-0.3, -0.25) is 4.79 Å². The molecular formula is C11H15NO4. The molecule has 0 amide bonds. The number of carboxylic acids is 1. The third kappa shape index (κ3) is 3.13. The number of aromatic hydroxyl groups is 1. The summed E-state index contributed by atoms with van der Waals surface area (Å²) in [6.45, 7) is 2.23. The van der Waals surface area contributed by atoms with Gasteiger partial charge in [0.05, 0.1) is 6.61 Å². The number of ether oxygens (including phenoxy) is 1. The standard InChI is InChI=1S/C11H15NO4/c1-2-16-10-6-7(3-4-9(10)13)5-8(12)11(14)15/h3-4,6,8,13H,2,5,12H2,1H3,(H,14,15). The van der Waals surface area contributed by atoms with Crippen molar-refractivity contribution in [3.05, 3.63) is 23.8 Å². The van der Waals surface area contributed by atoms with Crippen LogP contribution in [0.5, 0.6) is 11.5 Å². The third-order valence-corrected chi connectivity index (χ3v) is 2.10. The lowest BCUT2D eigenvalue weighted by Crippen LogP contribution is -2.32. The molecule has 1 unspecified atom stereocenters. The van der Waals surface area contributed by atoms with Gasteiger partial charge in [-0.25, -0.2) is 0 Å². The number of carboxylic acid groups (broad SMARTS) is 1. The molecular weight excluding hydrogens is 210 g/mol. The summed E-state index contributed by atoms with van der Waals surface area (Å²) in [5.41, 5.74) is 6.13. The Balaban J connectivity index is 2.82. The van der Waals surface area contributed by atoms with Gasteiger partial charge in [0.15, 0.2) is 11.5 Å². The average molecular weight is 225 g/mol. The maximum atomic E-state index is 10.6. The van der Waals surface area contributed by atoms with Crippen LogP contribution in [0.4, 0.5) is 0 Å². The monoisotopic (exact) mass is 225 g/mol. The molecule has 0 heterocycles. The van der Waals surface area contributed by atoms with Crippen LogP contribution >= 0.6 is 0 Å². The first-order valence-corrected chi connectivity index (χ1v) is 4.97. The second-order valence-electron chi connectivity index (χ2n) is 3.38. The van der Waals surface area contributed by atoms with Crippen LogP contribution in [0.2, 0.25) is 0 Å². The van der Waals surface area contributed by atoms with E-state index < -0.39 is 12.0 Å². The van der Waals surface area contributed by atoms with Crippen LogP contribution in [-0.2, 0) is 11.2 Å². The molecule has 16 heavy (non-hydrogen) atoms. The summed E-state index contributed by atoms with van der Waals surface area (Å²) in [4.78, 5) is 10.6. The van der Waals surface area contributed by atoms with Crippen molar-refractivity contribution >= 4 is 5.97 Å². The van der Waals surface area contributed by atoms with Gasteiger partial charge in [0.1, 0.15) is 6.04 Å². The first-order chi connectivity index (χ1) is 7.54. The zero-order valence-electron chi connectivity index (χ0n) is 9.01. The summed E-state index contributed by atoms with van der Waals surface area (Å²) in [5.74, 6) is -0.668. The Labute approximate surface area is 93.5 Å². The van der Waals surface area contributed by atoms with E-state index in [1.54, 1.807) is 19.1 Å². The van der Waals surface area contributed by atoms with Crippen molar-refractivity contribution in [2.75, 3.05) is 6.61 Å². The molecule has 0 aromatic heterocycles. The minimum atomic E-state index is -1.05. The van der Waals surface area contributed by atoms with Crippen LogP contribution in [0, 0.1) is 0 Å². The molecule has 0 saturated heterocycles. The number of carbonyl (C=O) groups is 1. The lowest BCUT2D eigenvalue weighted by molar-refractivity contribution is -0.138. The molecule has 0 aliphatic carbocycles. The Morgan fingerprint density at radius 2 is 2.25 bits per heavy atom. The highest BCUT2D eigenvalue weighted by molar-refractivity contribution is 5.73. The Kier molecular flexibility index (Phi) is 4.13. The molecule has 4 N–H and O–H groups in total. The van der Waals surface area contributed by atoms with Crippen molar-refractivity contribution in [2.45, 2.75) is 19.4 Å². The molecule has 0 saturated carbocycles. The molecule has 0 spiro atoms. The van der Waals surface area contributed by atoms with Gasteiger partial charge < -0.3 is 20.7 Å². The smallest absolute Gasteiger partial charge is 0.320 e. The number of hydrogen-bond donors (Lipinski definition) is 3. The summed E-state index contributed by atoms with van der Waals surface area (Å²) in [7, 11) is 0. The summed E-state index contributed by atoms with van der Waals surface area (Å²) < 4.78 is 5.18. The number of nitrogens with two attached hydrogens (primary N) is 1. The van der Waals surface area contributed by atoms with E-state index in [1.807, 2.05) is 0 Å². The number of rotatable bonds is 5. The van der Waals surface area contributed by atoms with Crippen molar-refractivity contribution in [2.24, 2.45) is 5.73 Å². The Hall–Kier alpha value is -1.75. The van der Waals surface area contributed by atoms with E-state index in [4.69, 9.17) is 15.6 Å². The normalized spacial score (nSPS) is 12.1. The van der Waals surface area contributed by atoms with Gasteiger partial charge in [0.25, 0.3) is 0 Å².